The number of benzene rings is 1. The maximum Gasteiger partial charge on any atom is 0.347 e. The van der Waals surface area contributed by atoms with E-state index in [0.29, 0.717) is 10.6 Å². The van der Waals surface area contributed by atoms with Crippen molar-refractivity contribution in [2.24, 2.45) is 0 Å². The fourth-order valence-electron chi connectivity index (χ4n) is 3.02. The van der Waals surface area contributed by atoms with E-state index in [-0.39, 0.29) is 0 Å². The molecule has 24 heavy (non-hydrogen) atoms. The average molecular weight is 345 g/mol. The Morgan fingerprint density at radius 2 is 1.83 bits per heavy atom. The van der Waals surface area contributed by atoms with Crippen LogP contribution in [0.4, 0.5) is 0 Å². The molecule has 1 aliphatic heterocycles. The summed E-state index contributed by atoms with van der Waals surface area (Å²) in [6, 6.07) is 10.6. The lowest BCUT2D eigenvalue weighted by Gasteiger charge is -2.34. The first-order chi connectivity index (χ1) is 11.6. The summed E-state index contributed by atoms with van der Waals surface area (Å²) < 4.78 is 0. The van der Waals surface area contributed by atoms with Crippen molar-refractivity contribution < 1.29 is 9.90 Å². The van der Waals surface area contributed by atoms with Crippen LogP contribution in [0.1, 0.15) is 25.9 Å². The zero-order valence-corrected chi connectivity index (χ0v) is 14.8. The minimum atomic E-state index is -0.870. The van der Waals surface area contributed by atoms with Crippen molar-refractivity contribution in [1.29, 1.82) is 0 Å². The second-order valence-electron chi connectivity index (χ2n) is 6.18. The molecular formula is C18H23N3O2S. The van der Waals surface area contributed by atoms with E-state index < -0.39 is 5.97 Å². The molecule has 2 heterocycles. The molecule has 5 nitrogen and oxygen atoms in total. The number of hydrogen-bond donors (Lipinski definition) is 1. The van der Waals surface area contributed by atoms with Gasteiger partial charge in [0.05, 0.1) is 10.7 Å². The summed E-state index contributed by atoms with van der Waals surface area (Å²) in [5, 5.41) is 10.0. The smallest absolute Gasteiger partial charge is 0.347 e. The van der Waals surface area contributed by atoms with E-state index in [1.165, 1.54) is 16.9 Å². The van der Waals surface area contributed by atoms with Gasteiger partial charge in [-0.3, -0.25) is 4.90 Å². The highest BCUT2D eigenvalue weighted by atomic mass is 32.1. The molecule has 0 radical (unpaired) electrons. The molecule has 0 aliphatic carbocycles. The molecule has 1 aliphatic rings. The Bertz CT molecular complexity index is 679. The van der Waals surface area contributed by atoms with Crippen molar-refractivity contribution in [2.45, 2.75) is 19.9 Å². The van der Waals surface area contributed by atoms with Crippen molar-refractivity contribution in [3.8, 4) is 0 Å². The van der Waals surface area contributed by atoms with Crippen LogP contribution in [0.3, 0.4) is 0 Å². The van der Waals surface area contributed by atoms with Gasteiger partial charge in [-0.05, 0) is 12.5 Å². The van der Waals surface area contributed by atoms with Gasteiger partial charge in [0.1, 0.15) is 4.88 Å². The van der Waals surface area contributed by atoms with E-state index in [1.807, 2.05) is 0 Å². The third-order valence-electron chi connectivity index (χ3n) is 4.39. The van der Waals surface area contributed by atoms with Crippen LogP contribution in [0.2, 0.25) is 0 Å². The van der Waals surface area contributed by atoms with Gasteiger partial charge in [-0.25, -0.2) is 9.78 Å². The number of aromatic carboxylic acids is 1. The maximum atomic E-state index is 11.1. The molecule has 0 atom stereocenters. The van der Waals surface area contributed by atoms with Crippen molar-refractivity contribution in [3.05, 3.63) is 51.5 Å². The summed E-state index contributed by atoms with van der Waals surface area (Å²) in [5.74, 6) is -0.870. The average Bonchev–Trinajstić information content (AvgIpc) is 2.96. The van der Waals surface area contributed by atoms with Crippen LogP contribution in [-0.4, -0.2) is 58.6 Å². The van der Waals surface area contributed by atoms with E-state index in [2.05, 4.69) is 45.1 Å². The van der Waals surface area contributed by atoms with Crippen molar-refractivity contribution in [2.75, 3.05) is 32.7 Å². The Hall–Kier alpha value is -1.76. The van der Waals surface area contributed by atoms with Crippen LogP contribution in [0.25, 0.3) is 0 Å². The number of hydrogen-bond acceptors (Lipinski definition) is 5. The van der Waals surface area contributed by atoms with Gasteiger partial charge in [-0.15, -0.1) is 11.3 Å². The van der Waals surface area contributed by atoms with Crippen molar-refractivity contribution in [1.82, 2.24) is 14.8 Å². The second-order valence-corrected chi connectivity index (χ2v) is 7.26. The van der Waals surface area contributed by atoms with E-state index in [1.54, 1.807) is 6.92 Å². The van der Waals surface area contributed by atoms with Gasteiger partial charge in [-0.1, -0.05) is 30.3 Å². The first-order valence-corrected chi connectivity index (χ1v) is 9.11. The van der Waals surface area contributed by atoms with Gasteiger partial charge in [0, 0.05) is 45.7 Å². The van der Waals surface area contributed by atoms with Crippen LogP contribution in [-0.2, 0) is 13.0 Å². The summed E-state index contributed by atoms with van der Waals surface area (Å²) in [6.45, 7) is 8.00. The minimum absolute atomic E-state index is 0.373. The topological polar surface area (TPSA) is 56.7 Å². The molecule has 3 rings (SSSR count). The first kappa shape index (κ1) is 17.1. The number of rotatable bonds is 6. The predicted octanol–water partition coefficient (Wildman–Crippen LogP) is 2.51. The highest BCUT2D eigenvalue weighted by Gasteiger charge is 2.18. The number of nitrogens with zero attached hydrogens (tertiary/aromatic N) is 3. The lowest BCUT2D eigenvalue weighted by Crippen LogP contribution is -2.46. The summed E-state index contributed by atoms with van der Waals surface area (Å²) in [5.41, 5.74) is 2.00. The predicted molar refractivity (Wildman–Crippen MR) is 95.7 cm³/mol. The summed E-state index contributed by atoms with van der Waals surface area (Å²) in [4.78, 5) is 20.8. The monoisotopic (exact) mass is 345 g/mol. The molecule has 0 spiro atoms. The van der Waals surface area contributed by atoms with E-state index in [0.717, 1.165) is 50.7 Å². The van der Waals surface area contributed by atoms with Gasteiger partial charge in [0.25, 0.3) is 0 Å². The Balaban J connectivity index is 1.44. The zero-order chi connectivity index (χ0) is 16.9. The Morgan fingerprint density at radius 1 is 1.17 bits per heavy atom. The van der Waals surface area contributed by atoms with Crippen molar-refractivity contribution in [3.63, 3.8) is 0 Å². The van der Waals surface area contributed by atoms with Crippen LogP contribution < -0.4 is 0 Å². The molecule has 2 aromatic rings. The van der Waals surface area contributed by atoms with Gasteiger partial charge < -0.3 is 10.0 Å². The SMILES string of the molecule is Cc1nc(CCN2CCN(Cc3ccccc3)CC2)sc1C(=O)O. The molecule has 1 aromatic heterocycles. The van der Waals surface area contributed by atoms with E-state index in [9.17, 15) is 4.79 Å². The Morgan fingerprint density at radius 3 is 2.46 bits per heavy atom. The van der Waals surface area contributed by atoms with Gasteiger partial charge in [-0.2, -0.15) is 0 Å². The van der Waals surface area contributed by atoms with Gasteiger partial charge in [0.2, 0.25) is 0 Å². The fraction of sp³-hybridized carbons (Fsp3) is 0.444. The molecule has 1 N–H and O–H groups in total. The highest BCUT2D eigenvalue weighted by molar-refractivity contribution is 7.13. The third-order valence-corrected chi connectivity index (χ3v) is 5.60. The van der Waals surface area contributed by atoms with E-state index in [4.69, 9.17) is 5.11 Å². The molecular weight excluding hydrogens is 322 g/mol. The maximum absolute atomic E-state index is 11.1. The molecule has 0 bridgehead atoms. The quantitative estimate of drug-likeness (QED) is 0.872. The van der Waals surface area contributed by atoms with Crippen LogP contribution in [0.5, 0.6) is 0 Å². The summed E-state index contributed by atoms with van der Waals surface area (Å²) in [7, 11) is 0. The minimum Gasteiger partial charge on any atom is -0.477 e. The molecule has 0 saturated carbocycles. The summed E-state index contributed by atoms with van der Waals surface area (Å²) >= 11 is 1.31. The number of carbonyl (C=O) groups is 1. The lowest BCUT2D eigenvalue weighted by molar-refractivity contribution is 0.0701. The highest BCUT2D eigenvalue weighted by Crippen LogP contribution is 2.19. The molecule has 6 heteroatoms. The molecule has 1 saturated heterocycles. The van der Waals surface area contributed by atoms with E-state index >= 15 is 0 Å². The van der Waals surface area contributed by atoms with Crippen LogP contribution in [0, 0.1) is 6.92 Å². The molecule has 0 amide bonds. The molecule has 1 aromatic carbocycles. The number of carboxylic acids is 1. The first-order valence-electron chi connectivity index (χ1n) is 8.30. The molecule has 128 valence electrons. The standard InChI is InChI=1S/C18H23N3O2S/c1-14-17(18(22)23)24-16(19-14)7-8-20-9-11-21(12-10-20)13-15-5-3-2-4-6-15/h2-6H,7-13H2,1H3,(H,22,23). The van der Waals surface area contributed by atoms with Crippen molar-refractivity contribution >= 4 is 17.3 Å². The Kier molecular flexibility index (Phi) is 5.60. The van der Waals surface area contributed by atoms with Crippen LogP contribution >= 0.6 is 11.3 Å². The van der Waals surface area contributed by atoms with Gasteiger partial charge >= 0.3 is 5.97 Å². The number of carboxylic acid groups (broad SMARTS) is 1. The van der Waals surface area contributed by atoms with Gasteiger partial charge in [0.15, 0.2) is 0 Å². The number of aromatic nitrogens is 1. The molecule has 1 fully saturated rings. The largest absolute Gasteiger partial charge is 0.477 e. The summed E-state index contributed by atoms with van der Waals surface area (Å²) in [6.07, 6.45) is 0.831. The number of thiazole rings is 1. The zero-order valence-electron chi connectivity index (χ0n) is 13.9. The fourth-order valence-corrected chi connectivity index (χ4v) is 3.92. The second kappa shape index (κ2) is 7.88. The third kappa shape index (κ3) is 4.41. The number of piperazine rings is 1. The molecule has 0 unspecified atom stereocenters. The Labute approximate surface area is 146 Å². The number of aryl methyl sites for hydroxylation is 1. The normalized spacial score (nSPS) is 16.4. The van der Waals surface area contributed by atoms with Crippen LogP contribution in [0.15, 0.2) is 30.3 Å². The lowest BCUT2D eigenvalue weighted by atomic mass is 10.2.